The van der Waals surface area contributed by atoms with Crippen molar-refractivity contribution in [3.8, 4) is 0 Å². The van der Waals surface area contributed by atoms with E-state index in [-0.39, 0.29) is 37.2 Å². The number of carbonyl (C=O) groups excluding carboxylic acids is 2. The number of piperazine rings is 1. The fraction of sp³-hybridized carbons (Fsp3) is 0.857. The van der Waals surface area contributed by atoms with Gasteiger partial charge >= 0.3 is 0 Å². The molecule has 24 heavy (non-hydrogen) atoms. The van der Waals surface area contributed by atoms with Crippen LogP contribution in [0.25, 0.3) is 0 Å². The van der Waals surface area contributed by atoms with Gasteiger partial charge in [-0.1, -0.05) is 0 Å². The average Bonchev–Trinajstić information content (AvgIpc) is 2.93. The first kappa shape index (κ1) is 19.1. The molecule has 0 aromatic carbocycles. The number of carbonyl (C=O) groups is 2. The van der Waals surface area contributed by atoms with Crippen LogP contribution in [0.1, 0.15) is 6.42 Å². The highest BCUT2D eigenvalue weighted by atomic mass is 32.2. The molecule has 138 valence electrons. The Morgan fingerprint density at radius 3 is 2.42 bits per heavy atom. The Morgan fingerprint density at radius 1 is 1.25 bits per heavy atom. The maximum atomic E-state index is 12.6. The van der Waals surface area contributed by atoms with Crippen LogP contribution in [0.5, 0.6) is 0 Å². The van der Waals surface area contributed by atoms with Crippen molar-refractivity contribution in [2.75, 3.05) is 67.1 Å². The van der Waals surface area contributed by atoms with E-state index in [9.17, 15) is 18.0 Å². The van der Waals surface area contributed by atoms with Crippen LogP contribution in [-0.2, 0) is 24.5 Å². The van der Waals surface area contributed by atoms with E-state index in [1.165, 1.54) is 22.7 Å². The van der Waals surface area contributed by atoms with Gasteiger partial charge in [0.05, 0.1) is 12.5 Å². The SMILES string of the molecule is COCCN1CC(C(=O)N2CCN(S(=O)(=O)N(C)C)CC2)CC1=O. The molecule has 2 rings (SSSR count). The molecule has 10 heteroatoms. The van der Waals surface area contributed by atoms with Gasteiger partial charge in [-0.2, -0.15) is 17.0 Å². The number of hydrogen-bond acceptors (Lipinski definition) is 5. The molecule has 0 spiro atoms. The number of likely N-dealkylation sites (tertiary alicyclic amines) is 1. The Bertz CT molecular complexity index is 572. The number of methoxy groups -OCH3 is 1. The second kappa shape index (κ2) is 7.77. The summed E-state index contributed by atoms with van der Waals surface area (Å²) in [6, 6.07) is 0. The molecule has 0 aromatic heterocycles. The van der Waals surface area contributed by atoms with Gasteiger partial charge in [-0.25, -0.2) is 0 Å². The van der Waals surface area contributed by atoms with Gasteiger partial charge in [0.15, 0.2) is 0 Å². The molecule has 1 unspecified atom stereocenters. The summed E-state index contributed by atoms with van der Waals surface area (Å²) in [5.41, 5.74) is 0. The molecule has 0 N–H and O–H groups in total. The number of ether oxygens (including phenoxy) is 1. The summed E-state index contributed by atoms with van der Waals surface area (Å²) in [4.78, 5) is 27.9. The first-order chi connectivity index (χ1) is 11.3. The number of nitrogens with zero attached hydrogens (tertiary/aromatic N) is 4. The summed E-state index contributed by atoms with van der Waals surface area (Å²) in [5.74, 6) is -0.434. The summed E-state index contributed by atoms with van der Waals surface area (Å²) in [6.07, 6.45) is 0.221. The van der Waals surface area contributed by atoms with E-state index in [1.54, 1.807) is 16.9 Å². The van der Waals surface area contributed by atoms with Crippen molar-refractivity contribution in [1.29, 1.82) is 0 Å². The fourth-order valence-electron chi connectivity index (χ4n) is 2.98. The molecule has 2 heterocycles. The zero-order valence-corrected chi connectivity index (χ0v) is 15.3. The van der Waals surface area contributed by atoms with Crippen LogP contribution in [0.15, 0.2) is 0 Å². The molecule has 2 aliphatic heterocycles. The van der Waals surface area contributed by atoms with E-state index in [2.05, 4.69) is 0 Å². The monoisotopic (exact) mass is 362 g/mol. The van der Waals surface area contributed by atoms with Crippen molar-refractivity contribution in [1.82, 2.24) is 18.4 Å². The summed E-state index contributed by atoms with van der Waals surface area (Å²) < 4.78 is 31.7. The largest absolute Gasteiger partial charge is 0.383 e. The van der Waals surface area contributed by atoms with E-state index < -0.39 is 10.2 Å². The average molecular weight is 362 g/mol. The maximum absolute atomic E-state index is 12.6. The number of rotatable bonds is 6. The minimum Gasteiger partial charge on any atom is -0.383 e. The lowest BCUT2D eigenvalue weighted by Gasteiger charge is -2.36. The van der Waals surface area contributed by atoms with Gasteiger partial charge < -0.3 is 14.5 Å². The van der Waals surface area contributed by atoms with E-state index >= 15 is 0 Å². The Kier molecular flexibility index (Phi) is 6.18. The molecular weight excluding hydrogens is 336 g/mol. The molecule has 9 nitrogen and oxygen atoms in total. The summed E-state index contributed by atoms with van der Waals surface area (Å²) in [7, 11) is 1.11. The van der Waals surface area contributed by atoms with Gasteiger partial charge in [0.25, 0.3) is 10.2 Å². The first-order valence-corrected chi connectivity index (χ1v) is 9.40. The van der Waals surface area contributed by atoms with Gasteiger partial charge in [-0.05, 0) is 0 Å². The van der Waals surface area contributed by atoms with Gasteiger partial charge in [-0.15, -0.1) is 0 Å². The van der Waals surface area contributed by atoms with Gasteiger partial charge in [0.1, 0.15) is 0 Å². The van der Waals surface area contributed by atoms with Crippen molar-refractivity contribution >= 4 is 22.0 Å². The van der Waals surface area contributed by atoms with Gasteiger partial charge in [-0.3, -0.25) is 9.59 Å². The van der Waals surface area contributed by atoms with Crippen LogP contribution in [0, 0.1) is 5.92 Å². The Hall–Kier alpha value is -1.23. The van der Waals surface area contributed by atoms with Crippen molar-refractivity contribution in [2.24, 2.45) is 5.92 Å². The van der Waals surface area contributed by atoms with Crippen molar-refractivity contribution in [2.45, 2.75) is 6.42 Å². The van der Waals surface area contributed by atoms with Gasteiger partial charge in [0, 0.05) is 66.9 Å². The second-order valence-corrected chi connectivity index (χ2v) is 8.39. The van der Waals surface area contributed by atoms with Gasteiger partial charge in [0.2, 0.25) is 11.8 Å². The zero-order chi connectivity index (χ0) is 17.9. The smallest absolute Gasteiger partial charge is 0.281 e. The highest BCUT2D eigenvalue weighted by molar-refractivity contribution is 7.86. The molecular formula is C14H26N4O5S. The summed E-state index contributed by atoms with van der Waals surface area (Å²) >= 11 is 0. The van der Waals surface area contributed by atoms with Crippen molar-refractivity contribution in [3.05, 3.63) is 0 Å². The Balaban J connectivity index is 1.88. The van der Waals surface area contributed by atoms with Crippen LogP contribution < -0.4 is 0 Å². The van der Waals surface area contributed by atoms with Crippen LogP contribution in [0.2, 0.25) is 0 Å². The normalized spacial score (nSPS) is 23.3. The van der Waals surface area contributed by atoms with E-state index in [0.29, 0.717) is 32.8 Å². The highest BCUT2D eigenvalue weighted by Gasteiger charge is 2.38. The van der Waals surface area contributed by atoms with Crippen molar-refractivity contribution < 1.29 is 22.7 Å². The molecule has 0 aliphatic carbocycles. The number of amides is 2. The maximum Gasteiger partial charge on any atom is 0.281 e. The van der Waals surface area contributed by atoms with Crippen LogP contribution >= 0.6 is 0 Å². The summed E-state index contributed by atoms with van der Waals surface area (Å²) in [6.45, 7) is 2.63. The molecule has 0 saturated carbocycles. The molecule has 2 aliphatic rings. The third kappa shape index (κ3) is 4.05. The van der Waals surface area contributed by atoms with E-state index in [0.717, 1.165) is 0 Å². The number of hydrogen-bond donors (Lipinski definition) is 0. The molecule has 2 amide bonds. The predicted octanol–water partition coefficient (Wildman–Crippen LogP) is -1.57. The molecule has 0 bridgehead atoms. The minimum atomic E-state index is -3.44. The lowest BCUT2D eigenvalue weighted by Crippen LogP contribution is -2.54. The van der Waals surface area contributed by atoms with E-state index in [1.807, 2.05) is 0 Å². The Morgan fingerprint density at radius 2 is 1.88 bits per heavy atom. The third-order valence-electron chi connectivity index (χ3n) is 4.47. The topological polar surface area (TPSA) is 90.5 Å². The van der Waals surface area contributed by atoms with Crippen LogP contribution in [-0.4, -0.2) is 106 Å². The van der Waals surface area contributed by atoms with Crippen molar-refractivity contribution in [3.63, 3.8) is 0 Å². The molecule has 1 atom stereocenters. The van der Waals surface area contributed by atoms with Crippen LogP contribution in [0.3, 0.4) is 0 Å². The molecule has 0 aromatic rings. The fourth-order valence-corrected chi connectivity index (χ4v) is 4.07. The quantitative estimate of drug-likeness (QED) is 0.570. The summed E-state index contributed by atoms with van der Waals surface area (Å²) in [5, 5.41) is 0. The molecule has 2 fully saturated rings. The minimum absolute atomic E-state index is 0.0285. The molecule has 0 radical (unpaired) electrons. The van der Waals surface area contributed by atoms with Crippen LogP contribution in [0.4, 0.5) is 0 Å². The standard InChI is InChI=1S/C14H26N4O5S/c1-15(2)24(21,22)18-6-4-16(5-7-18)14(20)12-10-13(19)17(11-12)8-9-23-3/h12H,4-11H2,1-3H3. The van der Waals surface area contributed by atoms with E-state index in [4.69, 9.17) is 4.74 Å². The lowest BCUT2D eigenvalue weighted by atomic mass is 10.1. The lowest BCUT2D eigenvalue weighted by molar-refractivity contribution is -0.137. The highest BCUT2D eigenvalue weighted by Crippen LogP contribution is 2.21. The first-order valence-electron chi connectivity index (χ1n) is 8.00. The predicted molar refractivity (Wildman–Crippen MR) is 87.3 cm³/mol. The second-order valence-electron chi connectivity index (χ2n) is 6.25. The molecule has 2 saturated heterocycles. The Labute approximate surface area is 143 Å². The third-order valence-corrected chi connectivity index (χ3v) is 6.41. The zero-order valence-electron chi connectivity index (χ0n) is 14.5.